The average Bonchev–Trinajstić information content (AvgIpc) is 2.63. The number of rotatable bonds is 10. The zero-order valence-corrected chi connectivity index (χ0v) is 15.7. The summed E-state index contributed by atoms with van der Waals surface area (Å²) < 4.78 is 5.35. The van der Waals surface area contributed by atoms with Gasteiger partial charge in [-0.2, -0.15) is 0 Å². The van der Waals surface area contributed by atoms with Crippen LogP contribution in [-0.4, -0.2) is 5.97 Å². The van der Waals surface area contributed by atoms with E-state index in [0.29, 0.717) is 16.3 Å². The lowest BCUT2D eigenvalue weighted by Crippen LogP contribution is -2.08. The molecule has 0 heterocycles. The molecular weight excluding hydrogens is 332 g/mol. The van der Waals surface area contributed by atoms with Crippen molar-refractivity contribution in [2.75, 3.05) is 0 Å². The Bertz CT molecular complexity index is 649. The van der Waals surface area contributed by atoms with Gasteiger partial charge in [0, 0.05) is 0 Å². The van der Waals surface area contributed by atoms with Gasteiger partial charge in [-0.05, 0) is 42.7 Å². The molecule has 0 fully saturated rings. The number of unbranched alkanes of at least 4 members (excludes halogenated alkanes) is 6. The maximum atomic E-state index is 12.2. The first-order valence-corrected chi connectivity index (χ1v) is 9.64. The minimum atomic E-state index is -0.379. The van der Waals surface area contributed by atoms with Crippen LogP contribution in [-0.2, 0) is 6.42 Å². The van der Waals surface area contributed by atoms with Gasteiger partial charge in [-0.15, -0.1) is 0 Å². The molecule has 0 spiro atoms. The van der Waals surface area contributed by atoms with Gasteiger partial charge in [-0.3, -0.25) is 0 Å². The van der Waals surface area contributed by atoms with Crippen molar-refractivity contribution in [2.24, 2.45) is 0 Å². The van der Waals surface area contributed by atoms with Crippen LogP contribution < -0.4 is 4.74 Å². The van der Waals surface area contributed by atoms with Crippen molar-refractivity contribution in [1.29, 1.82) is 0 Å². The van der Waals surface area contributed by atoms with Crippen LogP contribution in [0.3, 0.4) is 0 Å². The summed E-state index contributed by atoms with van der Waals surface area (Å²) in [6, 6.07) is 14.7. The van der Waals surface area contributed by atoms with Crippen molar-refractivity contribution in [2.45, 2.75) is 58.3 Å². The molecule has 2 aromatic rings. The smallest absolute Gasteiger partial charge is 0.343 e. The summed E-state index contributed by atoms with van der Waals surface area (Å²) in [7, 11) is 0. The van der Waals surface area contributed by atoms with E-state index < -0.39 is 0 Å². The highest BCUT2D eigenvalue weighted by molar-refractivity contribution is 6.32. The second-order valence-corrected chi connectivity index (χ2v) is 6.80. The van der Waals surface area contributed by atoms with Crippen molar-refractivity contribution in [3.8, 4) is 5.75 Å². The predicted octanol–water partition coefficient (Wildman–Crippen LogP) is 6.85. The van der Waals surface area contributed by atoms with E-state index >= 15 is 0 Å². The minimum Gasteiger partial charge on any atom is -0.421 e. The summed E-state index contributed by atoms with van der Waals surface area (Å²) in [6.45, 7) is 2.24. The summed E-state index contributed by atoms with van der Waals surface area (Å²) >= 11 is 6.01. The molecule has 2 nitrogen and oxygen atoms in total. The molecule has 0 aromatic heterocycles. The number of carbonyl (C=O) groups is 1. The van der Waals surface area contributed by atoms with Gasteiger partial charge in [0.05, 0.1) is 10.6 Å². The van der Waals surface area contributed by atoms with Crippen LogP contribution in [0.4, 0.5) is 0 Å². The van der Waals surface area contributed by atoms with Crippen molar-refractivity contribution < 1.29 is 9.53 Å². The van der Waals surface area contributed by atoms with Crippen LogP contribution in [0, 0.1) is 0 Å². The highest BCUT2D eigenvalue weighted by Crippen LogP contribution is 2.24. The van der Waals surface area contributed by atoms with E-state index in [1.807, 2.05) is 24.3 Å². The van der Waals surface area contributed by atoms with E-state index in [-0.39, 0.29) is 5.97 Å². The van der Waals surface area contributed by atoms with E-state index in [1.165, 1.54) is 50.5 Å². The van der Waals surface area contributed by atoms with Gasteiger partial charge in [-0.1, -0.05) is 81.3 Å². The first kappa shape index (κ1) is 19.5. The Labute approximate surface area is 156 Å². The number of hydrogen-bond acceptors (Lipinski definition) is 2. The fraction of sp³-hybridized carbons (Fsp3) is 0.409. The topological polar surface area (TPSA) is 26.3 Å². The van der Waals surface area contributed by atoms with Crippen LogP contribution in [0.1, 0.15) is 67.8 Å². The molecule has 0 aliphatic rings. The summed E-state index contributed by atoms with van der Waals surface area (Å²) in [5, 5.41) is 0.436. The van der Waals surface area contributed by atoms with Crippen molar-refractivity contribution in [1.82, 2.24) is 0 Å². The van der Waals surface area contributed by atoms with E-state index in [2.05, 4.69) is 6.92 Å². The second-order valence-electron chi connectivity index (χ2n) is 6.39. The predicted molar refractivity (Wildman–Crippen MR) is 105 cm³/mol. The molecule has 0 N–H and O–H groups in total. The third-order valence-corrected chi connectivity index (χ3v) is 4.61. The molecule has 0 unspecified atom stereocenters. The highest BCUT2D eigenvalue weighted by Gasteiger charge is 2.10. The third kappa shape index (κ3) is 6.91. The lowest BCUT2D eigenvalue weighted by atomic mass is 10.0. The Balaban J connectivity index is 1.75. The lowest BCUT2D eigenvalue weighted by Gasteiger charge is -2.07. The normalized spacial score (nSPS) is 10.6. The van der Waals surface area contributed by atoms with Gasteiger partial charge in [0.15, 0.2) is 0 Å². The minimum absolute atomic E-state index is 0.379. The fourth-order valence-corrected chi connectivity index (χ4v) is 2.95. The molecular formula is C22H27ClO2. The van der Waals surface area contributed by atoms with Crippen LogP contribution in [0.25, 0.3) is 0 Å². The zero-order chi connectivity index (χ0) is 17.9. The molecule has 0 saturated heterocycles. The summed E-state index contributed by atoms with van der Waals surface area (Å²) in [4.78, 5) is 12.2. The maximum Gasteiger partial charge on any atom is 0.343 e. The molecule has 0 atom stereocenters. The zero-order valence-electron chi connectivity index (χ0n) is 15.0. The number of ether oxygens (including phenoxy) is 1. The van der Waals surface area contributed by atoms with Crippen LogP contribution in [0.2, 0.25) is 5.02 Å². The molecule has 0 aliphatic heterocycles. The summed E-state index contributed by atoms with van der Waals surface area (Å²) in [6.07, 6.45) is 10.2. The van der Waals surface area contributed by atoms with Gasteiger partial charge in [0.25, 0.3) is 0 Å². The molecule has 0 saturated carbocycles. The SMILES string of the molecule is CCCCCCCCCc1ccc(C(=O)Oc2ccccc2Cl)cc1. The number of para-hydroxylation sites is 1. The van der Waals surface area contributed by atoms with Crippen molar-refractivity contribution in [3.05, 3.63) is 64.7 Å². The molecule has 25 heavy (non-hydrogen) atoms. The quantitative estimate of drug-likeness (QED) is 0.263. The Kier molecular flexibility index (Phi) is 8.54. The highest BCUT2D eigenvalue weighted by atomic mass is 35.5. The number of benzene rings is 2. The van der Waals surface area contributed by atoms with Crippen LogP contribution in [0.5, 0.6) is 5.75 Å². The van der Waals surface area contributed by atoms with Crippen LogP contribution >= 0.6 is 11.6 Å². The van der Waals surface area contributed by atoms with Crippen LogP contribution in [0.15, 0.2) is 48.5 Å². The molecule has 0 amide bonds. The summed E-state index contributed by atoms with van der Waals surface area (Å²) in [5.41, 5.74) is 1.81. The van der Waals surface area contributed by atoms with E-state index in [4.69, 9.17) is 16.3 Å². The Hall–Kier alpha value is -1.80. The van der Waals surface area contributed by atoms with Gasteiger partial charge < -0.3 is 4.74 Å². The van der Waals surface area contributed by atoms with E-state index in [1.54, 1.807) is 24.3 Å². The molecule has 0 radical (unpaired) electrons. The van der Waals surface area contributed by atoms with Gasteiger partial charge in [0.1, 0.15) is 5.75 Å². The monoisotopic (exact) mass is 358 g/mol. The fourth-order valence-electron chi connectivity index (χ4n) is 2.78. The first-order valence-electron chi connectivity index (χ1n) is 9.26. The summed E-state index contributed by atoms with van der Waals surface area (Å²) in [5.74, 6) is 0.0110. The standard InChI is InChI=1S/C22H27ClO2/c1-2-3-4-5-6-7-8-11-18-14-16-19(17-15-18)22(24)25-21-13-10-9-12-20(21)23/h9-10,12-17H,2-8,11H2,1H3. The number of halogens is 1. The number of aryl methyl sites for hydroxylation is 1. The maximum absolute atomic E-state index is 12.2. The Morgan fingerprint density at radius 3 is 2.20 bits per heavy atom. The molecule has 3 heteroatoms. The lowest BCUT2D eigenvalue weighted by molar-refractivity contribution is 0.0735. The first-order chi connectivity index (χ1) is 12.2. The number of carbonyl (C=O) groups excluding carboxylic acids is 1. The second kappa shape index (κ2) is 10.9. The molecule has 134 valence electrons. The van der Waals surface area contributed by atoms with Crippen molar-refractivity contribution in [3.63, 3.8) is 0 Å². The largest absolute Gasteiger partial charge is 0.421 e. The molecule has 2 rings (SSSR count). The van der Waals surface area contributed by atoms with E-state index in [9.17, 15) is 4.79 Å². The average molecular weight is 359 g/mol. The molecule has 2 aromatic carbocycles. The van der Waals surface area contributed by atoms with Gasteiger partial charge in [0.2, 0.25) is 0 Å². The van der Waals surface area contributed by atoms with Gasteiger partial charge in [-0.25, -0.2) is 4.79 Å². The number of hydrogen-bond donors (Lipinski definition) is 0. The Morgan fingerprint density at radius 1 is 0.880 bits per heavy atom. The number of esters is 1. The Morgan fingerprint density at radius 2 is 1.52 bits per heavy atom. The van der Waals surface area contributed by atoms with E-state index in [0.717, 1.165) is 6.42 Å². The molecule has 0 aliphatic carbocycles. The van der Waals surface area contributed by atoms with Gasteiger partial charge >= 0.3 is 5.97 Å². The molecule has 0 bridgehead atoms. The van der Waals surface area contributed by atoms with Crippen molar-refractivity contribution >= 4 is 17.6 Å². The third-order valence-electron chi connectivity index (χ3n) is 4.30.